The van der Waals surface area contributed by atoms with Gasteiger partial charge in [0.1, 0.15) is 5.75 Å². The minimum Gasteiger partial charge on any atom is -1.00 e. The van der Waals surface area contributed by atoms with Crippen molar-refractivity contribution in [2.75, 3.05) is 0 Å². The van der Waals surface area contributed by atoms with E-state index in [4.69, 9.17) is 0 Å². The van der Waals surface area contributed by atoms with Gasteiger partial charge in [0.15, 0.2) is 0 Å². The van der Waals surface area contributed by atoms with E-state index < -0.39 is 0 Å². The molecule has 0 heterocycles. The van der Waals surface area contributed by atoms with Crippen LogP contribution < -0.4 is 29.6 Å². The summed E-state index contributed by atoms with van der Waals surface area (Å²) in [5.74, 6) is 0.389. The summed E-state index contributed by atoms with van der Waals surface area (Å²) in [6.07, 6.45) is 0. The van der Waals surface area contributed by atoms with Crippen LogP contribution in [0.4, 0.5) is 0 Å². The van der Waals surface area contributed by atoms with Crippen molar-refractivity contribution in [1.29, 1.82) is 0 Å². The summed E-state index contributed by atoms with van der Waals surface area (Å²) in [6, 6.07) is 7.46. The van der Waals surface area contributed by atoms with Crippen LogP contribution in [0.2, 0.25) is 0 Å². The van der Waals surface area contributed by atoms with E-state index in [1.807, 2.05) is 18.2 Å². The van der Waals surface area contributed by atoms with Gasteiger partial charge in [0, 0.05) is 0 Å². The number of rotatable bonds is 0. The Bertz CT molecular complexity index is 255. The Morgan fingerprint density at radius 1 is 1.17 bits per heavy atom. The Kier molecular flexibility index (Phi) is 4.32. The third-order valence-electron chi connectivity index (χ3n) is 1.71. The molecule has 12 heavy (non-hydrogen) atoms. The van der Waals surface area contributed by atoms with Crippen molar-refractivity contribution in [1.82, 2.24) is 0 Å². The van der Waals surface area contributed by atoms with Crippen LogP contribution >= 0.6 is 0 Å². The second kappa shape index (κ2) is 4.31. The van der Waals surface area contributed by atoms with Crippen molar-refractivity contribution >= 4 is 0 Å². The molecule has 2 heteroatoms. The monoisotopic (exact) mass is 174 g/mol. The van der Waals surface area contributed by atoms with Gasteiger partial charge in [-0.25, -0.2) is 0 Å². The smallest absolute Gasteiger partial charge is 1.00 e. The van der Waals surface area contributed by atoms with Gasteiger partial charge >= 0.3 is 29.6 Å². The van der Waals surface area contributed by atoms with Crippen molar-refractivity contribution in [3.63, 3.8) is 0 Å². The fourth-order valence-electron chi connectivity index (χ4n) is 1.11. The molecule has 0 aromatic heterocycles. The summed E-state index contributed by atoms with van der Waals surface area (Å²) < 4.78 is 0. The topological polar surface area (TPSA) is 20.2 Å². The zero-order valence-electron chi connectivity index (χ0n) is 9.26. The normalized spacial score (nSPS) is 10.6. The summed E-state index contributed by atoms with van der Waals surface area (Å²) in [7, 11) is 0. The van der Waals surface area contributed by atoms with Crippen LogP contribution in [0.15, 0.2) is 24.3 Å². The fraction of sp³-hybridized carbons (Fsp3) is 0.400. The molecule has 0 unspecified atom stereocenters. The molecule has 0 spiro atoms. The van der Waals surface area contributed by atoms with Crippen molar-refractivity contribution in [2.24, 2.45) is 0 Å². The molecule has 0 atom stereocenters. The maximum atomic E-state index is 9.45. The molecule has 0 amide bonds. The van der Waals surface area contributed by atoms with E-state index in [1.165, 1.54) is 0 Å². The number of benzene rings is 1. The van der Waals surface area contributed by atoms with Gasteiger partial charge in [-0.15, -0.1) is 0 Å². The molecule has 1 aromatic carbocycles. The first-order chi connectivity index (χ1) is 5.02. The fourth-order valence-corrected chi connectivity index (χ4v) is 1.11. The van der Waals surface area contributed by atoms with Crippen LogP contribution in [-0.4, -0.2) is 5.11 Å². The maximum absolute atomic E-state index is 9.45. The first kappa shape index (κ1) is 12.0. The average Bonchev–Trinajstić information content (AvgIpc) is 1.86. The molecule has 0 saturated heterocycles. The van der Waals surface area contributed by atoms with Crippen molar-refractivity contribution in [2.45, 2.75) is 26.2 Å². The Hall–Kier alpha value is 0.0200. The number of phenolic OH excluding ortho intramolecular Hbond substituents is 1. The Labute approximate surface area is 97.6 Å². The van der Waals surface area contributed by atoms with Crippen LogP contribution in [0.25, 0.3) is 0 Å². The second-order valence-electron chi connectivity index (χ2n) is 3.77. The van der Waals surface area contributed by atoms with Crippen LogP contribution in [0, 0.1) is 0 Å². The van der Waals surface area contributed by atoms with E-state index in [-0.39, 0.29) is 36.4 Å². The van der Waals surface area contributed by atoms with Gasteiger partial charge in [-0.3, -0.25) is 0 Å². The first-order valence-electron chi connectivity index (χ1n) is 3.80. The zero-order valence-corrected chi connectivity index (χ0v) is 10.3. The summed E-state index contributed by atoms with van der Waals surface area (Å²) in [6.45, 7) is 6.26. The van der Waals surface area contributed by atoms with Gasteiger partial charge in [-0.2, -0.15) is 0 Å². The second-order valence-corrected chi connectivity index (χ2v) is 3.77. The van der Waals surface area contributed by atoms with Gasteiger partial charge in [0.2, 0.25) is 0 Å². The predicted molar refractivity (Wildman–Crippen MR) is 47.9 cm³/mol. The molecule has 0 saturated carbocycles. The minimum atomic E-state index is 0. The zero-order chi connectivity index (χ0) is 8.48. The number of hydrogen-bond acceptors (Lipinski definition) is 1. The molecular weight excluding hydrogens is 159 g/mol. The SMILES string of the molecule is CC(C)(C)c1ccccc1O.[H-].[Na+]. The molecule has 0 fully saturated rings. The molecule has 1 N–H and O–H groups in total. The van der Waals surface area contributed by atoms with E-state index >= 15 is 0 Å². The van der Waals surface area contributed by atoms with Gasteiger partial charge < -0.3 is 6.53 Å². The Balaban J connectivity index is 0. The minimum absolute atomic E-state index is 0. The largest absolute Gasteiger partial charge is 1.00 e. The molecule has 0 aliphatic carbocycles. The average molecular weight is 174 g/mol. The van der Waals surface area contributed by atoms with Gasteiger partial charge in [0.05, 0.1) is 0 Å². The molecule has 1 nitrogen and oxygen atoms in total. The third kappa shape index (κ3) is 2.81. The molecular formula is C10H15NaO. The van der Waals surface area contributed by atoms with Crippen LogP contribution in [-0.2, 0) is 5.41 Å². The Morgan fingerprint density at radius 3 is 2.00 bits per heavy atom. The van der Waals surface area contributed by atoms with Gasteiger partial charge in [0.25, 0.3) is 0 Å². The van der Waals surface area contributed by atoms with Crippen LogP contribution in [0.5, 0.6) is 5.75 Å². The van der Waals surface area contributed by atoms with Crippen LogP contribution in [0.1, 0.15) is 27.8 Å². The quantitative estimate of drug-likeness (QED) is 0.540. The van der Waals surface area contributed by atoms with E-state index in [0.717, 1.165) is 5.56 Å². The maximum Gasteiger partial charge on any atom is 1.00 e. The van der Waals surface area contributed by atoms with Crippen molar-refractivity contribution in [3.05, 3.63) is 29.8 Å². The molecule has 62 valence electrons. The van der Waals surface area contributed by atoms with Gasteiger partial charge in [-0.05, 0) is 17.0 Å². The third-order valence-corrected chi connectivity index (χ3v) is 1.71. The summed E-state index contributed by atoms with van der Waals surface area (Å²) in [4.78, 5) is 0. The van der Waals surface area contributed by atoms with E-state index in [0.29, 0.717) is 5.75 Å². The molecule has 1 rings (SSSR count). The number of aromatic hydroxyl groups is 1. The van der Waals surface area contributed by atoms with Crippen LogP contribution in [0.3, 0.4) is 0 Å². The molecule has 0 radical (unpaired) electrons. The van der Waals surface area contributed by atoms with E-state index in [2.05, 4.69) is 20.8 Å². The van der Waals surface area contributed by atoms with Crippen molar-refractivity contribution in [3.8, 4) is 5.75 Å². The number of hydrogen-bond donors (Lipinski definition) is 1. The predicted octanol–water partition coefficient (Wildman–Crippen LogP) is -0.194. The molecule has 0 bridgehead atoms. The molecule has 0 aliphatic heterocycles. The Morgan fingerprint density at radius 2 is 1.67 bits per heavy atom. The number of phenols is 1. The van der Waals surface area contributed by atoms with E-state index in [9.17, 15) is 5.11 Å². The summed E-state index contributed by atoms with van der Waals surface area (Å²) in [5.41, 5.74) is 1.03. The first-order valence-corrected chi connectivity index (χ1v) is 3.80. The van der Waals surface area contributed by atoms with Gasteiger partial charge in [-0.1, -0.05) is 39.0 Å². The summed E-state index contributed by atoms with van der Waals surface area (Å²) >= 11 is 0. The molecule has 0 aliphatic rings. The molecule has 1 aromatic rings. The van der Waals surface area contributed by atoms with E-state index in [1.54, 1.807) is 6.07 Å². The van der Waals surface area contributed by atoms with Crippen molar-refractivity contribution < 1.29 is 36.1 Å². The number of para-hydroxylation sites is 1. The summed E-state index contributed by atoms with van der Waals surface area (Å²) in [5, 5.41) is 9.45. The standard InChI is InChI=1S/C10H14O.Na.H/c1-10(2,3)8-6-4-5-7-9(8)11;;/h4-7,11H,1-3H3;;/q;+1;-1.